The van der Waals surface area contributed by atoms with Crippen molar-refractivity contribution in [2.75, 3.05) is 12.3 Å². The lowest BCUT2D eigenvalue weighted by Crippen LogP contribution is -2.34. The van der Waals surface area contributed by atoms with Crippen LogP contribution < -0.4 is 5.32 Å². The molecule has 1 aromatic rings. The van der Waals surface area contributed by atoms with Gasteiger partial charge in [0.25, 0.3) is 0 Å². The third kappa shape index (κ3) is 6.31. The first kappa shape index (κ1) is 18.4. The summed E-state index contributed by atoms with van der Waals surface area (Å²) in [5, 5.41) is 3.51. The summed E-state index contributed by atoms with van der Waals surface area (Å²) in [5.74, 6) is 0.711. The summed E-state index contributed by atoms with van der Waals surface area (Å²) in [5.41, 5.74) is 1.44. The van der Waals surface area contributed by atoms with Crippen LogP contribution in [0.3, 0.4) is 0 Å². The Bertz CT molecular complexity index is 434. The van der Waals surface area contributed by atoms with Crippen LogP contribution >= 0.6 is 0 Å². The zero-order valence-corrected chi connectivity index (χ0v) is 15.1. The number of benzene rings is 1. The topological polar surface area (TPSA) is 29.1 Å². The molecule has 2 atom stereocenters. The van der Waals surface area contributed by atoms with E-state index in [-0.39, 0.29) is 5.41 Å². The maximum absolute atomic E-state index is 12.5. The zero-order valence-electron chi connectivity index (χ0n) is 14.2. The minimum absolute atomic E-state index is 0.146. The molecule has 0 radical (unpaired) electrons. The monoisotopic (exact) mass is 309 g/mol. The van der Waals surface area contributed by atoms with Crippen LogP contribution in [0.15, 0.2) is 29.2 Å². The van der Waals surface area contributed by atoms with Gasteiger partial charge in [0.05, 0.1) is 10.8 Å². The van der Waals surface area contributed by atoms with Gasteiger partial charge in [-0.1, -0.05) is 53.2 Å². The molecule has 2 unspecified atom stereocenters. The van der Waals surface area contributed by atoms with Crippen LogP contribution in [0.25, 0.3) is 0 Å². The third-order valence-electron chi connectivity index (χ3n) is 3.66. The summed E-state index contributed by atoms with van der Waals surface area (Å²) in [6.07, 6.45) is 3.33. The Kier molecular flexibility index (Phi) is 7.61. The summed E-state index contributed by atoms with van der Waals surface area (Å²) >= 11 is 0. The third-order valence-corrected chi connectivity index (χ3v) is 5.16. The number of rotatable bonds is 8. The molecule has 21 heavy (non-hydrogen) atoms. The summed E-state index contributed by atoms with van der Waals surface area (Å²) in [4.78, 5) is 0.947. The second-order valence-electron chi connectivity index (χ2n) is 6.73. The molecule has 0 saturated heterocycles. The molecule has 0 heterocycles. The van der Waals surface area contributed by atoms with E-state index in [2.05, 4.69) is 52.1 Å². The lowest BCUT2D eigenvalue weighted by atomic mass is 9.87. The Morgan fingerprint density at radius 2 is 1.71 bits per heavy atom. The van der Waals surface area contributed by atoms with Crippen molar-refractivity contribution in [1.29, 1.82) is 0 Å². The fourth-order valence-electron chi connectivity index (χ4n) is 2.33. The molecule has 1 rings (SSSR count). The first-order chi connectivity index (χ1) is 9.88. The molecule has 0 amide bonds. The standard InChI is InChI=1S/C18H31NOS/c1-6-8-16(19-13-7-2)14-21(20)17-11-9-15(10-12-17)18(3,4)5/h9-12,16,19H,6-8,13-14H2,1-5H3. The average Bonchev–Trinajstić information content (AvgIpc) is 2.44. The summed E-state index contributed by atoms with van der Waals surface area (Å²) in [6.45, 7) is 11.9. The van der Waals surface area contributed by atoms with Gasteiger partial charge in [-0.25, -0.2) is 0 Å². The number of hydrogen-bond acceptors (Lipinski definition) is 2. The van der Waals surface area contributed by atoms with Crippen molar-refractivity contribution in [2.24, 2.45) is 0 Å². The highest BCUT2D eigenvalue weighted by Crippen LogP contribution is 2.23. The van der Waals surface area contributed by atoms with Crippen LogP contribution in [-0.2, 0) is 16.2 Å². The highest BCUT2D eigenvalue weighted by atomic mass is 32.2. The molecule has 2 nitrogen and oxygen atoms in total. The van der Waals surface area contributed by atoms with Gasteiger partial charge in [-0.2, -0.15) is 0 Å². The number of hydrogen-bond donors (Lipinski definition) is 1. The minimum atomic E-state index is -0.916. The molecule has 0 aliphatic carbocycles. The zero-order chi connectivity index (χ0) is 15.9. The van der Waals surface area contributed by atoms with Gasteiger partial charge in [0, 0.05) is 16.7 Å². The van der Waals surface area contributed by atoms with Gasteiger partial charge in [-0.05, 0) is 42.5 Å². The predicted octanol–water partition coefficient (Wildman–Crippen LogP) is 4.26. The van der Waals surface area contributed by atoms with E-state index < -0.39 is 10.8 Å². The molecule has 1 N–H and O–H groups in total. The molecule has 0 fully saturated rings. The van der Waals surface area contributed by atoms with Crippen LogP contribution in [0.2, 0.25) is 0 Å². The summed E-state index contributed by atoms with van der Waals surface area (Å²) < 4.78 is 12.5. The fourth-order valence-corrected chi connectivity index (χ4v) is 3.61. The number of nitrogens with one attached hydrogen (secondary N) is 1. The largest absolute Gasteiger partial charge is 0.313 e. The van der Waals surface area contributed by atoms with Crippen molar-refractivity contribution in [3.05, 3.63) is 29.8 Å². The Morgan fingerprint density at radius 3 is 2.19 bits per heavy atom. The Morgan fingerprint density at radius 1 is 1.10 bits per heavy atom. The molecule has 0 saturated carbocycles. The molecule has 1 aromatic carbocycles. The lowest BCUT2D eigenvalue weighted by molar-refractivity contribution is 0.510. The molecular weight excluding hydrogens is 278 g/mol. The smallest absolute Gasteiger partial charge is 0.0545 e. The fraction of sp³-hybridized carbons (Fsp3) is 0.667. The SMILES string of the molecule is CCCNC(CCC)CS(=O)c1ccc(C(C)(C)C)cc1. The molecule has 0 spiro atoms. The maximum atomic E-state index is 12.5. The van der Waals surface area contributed by atoms with Gasteiger partial charge < -0.3 is 5.32 Å². The highest BCUT2D eigenvalue weighted by Gasteiger charge is 2.16. The maximum Gasteiger partial charge on any atom is 0.0545 e. The minimum Gasteiger partial charge on any atom is -0.313 e. The van der Waals surface area contributed by atoms with Crippen LogP contribution in [0.1, 0.15) is 59.4 Å². The van der Waals surface area contributed by atoms with E-state index >= 15 is 0 Å². The average molecular weight is 310 g/mol. The van der Waals surface area contributed by atoms with E-state index in [4.69, 9.17) is 0 Å². The molecule has 0 aromatic heterocycles. The second-order valence-corrected chi connectivity index (χ2v) is 8.22. The van der Waals surface area contributed by atoms with E-state index in [9.17, 15) is 4.21 Å². The van der Waals surface area contributed by atoms with Gasteiger partial charge >= 0.3 is 0 Å². The van der Waals surface area contributed by atoms with E-state index in [0.29, 0.717) is 11.8 Å². The quantitative estimate of drug-likeness (QED) is 0.777. The Balaban J connectivity index is 2.69. The summed E-state index contributed by atoms with van der Waals surface area (Å²) in [6, 6.07) is 8.64. The van der Waals surface area contributed by atoms with Crippen LogP contribution in [-0.4, -0.2) is 22.5 Å². The van der Waals surface area contributed by atoms with Gasteiger partial charge in [-0.15, -0.1) is 0 Å². The van der Waals surface area contributed by atoms with Gasteiger partial charge in [0.15, 0.2) is 0 Å². The molecular formula is C18H31NOS. The van der Waals surface area contributed by atoms with E-state index in [0.717, 1.165) is 30.7 Å². The molecule has 120 valence electrons. The first-order valence-electron chi connectivity index (χ1n) is 8.10. The van der Waals surface area contributed by atoms with E-state index in [1.807, 2.05) is 12.1 Å². The molecule has 3 heteroatoms. The van der Waals surface area contributed by atoms with E-state index in [1.54, 1.807) is 0 Å². The Labute approximate surface area is 133 Å². The van der Waals surface area contributed by atoms with Gasteiger partial charge in [0.2, 0.25) is 0 Å². The Hall–Kier alpha value is -0.670. The molecule has 0 bridgehead atoms. The second kappa shape index (κ2) is 8.70. The summed E-state index contributed by atoms with van der Waals surface area (Å²) in [7, 11) is -0.916. The highest BCUT2D eigenvalue weighted by molar-refractivity contribution is 7.85. The van der Waals surface area contributed by atoms with Gasteiger partial charge in [0.1, 0.15) is 0 Å². The van der Waals surface area contributed by atoms with Crippen LogP contribution in [0.4, 0.5) is 0 Å². The van der Waals surface area contributed by atoms with Crippen LogP contribution in [0, 0.1) is 0 Å². The predicted molar refractivity (Wildman–Crippen MR) is 93.4 cm³/mol. The van der Waals surface area contributed by atoms with Gasteiger partial charge in [-0.3, -0.25) is 4.21 Å². The van der Waals surface area contributed by atoms with Crippen LogP contribution in [0.5, 0.6) is 0 Å². The van der Waals surface area contributed by atoms with E-state index in [1.165, 1.54) is 5.56 Å². The van der Waals surface area contributed by atoms with Crippen molar-refractivity contribution in [3.8, 4) is 0 Å². The normalized spacial score (nSPS) is 14.9. The van der Waals surface area contributed by atoms with Crippen molar-refractivity contribution < 1.29 is 4.21 Å². The lowest BCUT2D eigenvalue weighted by Gasteiger charge is -2.20. The first-order valence-corrected chi connectivity index (χ1v) is 9.42. The van der Waals surface area contributed by atoms with Crippen molar-refractivity contribution in [1.82, 2.24) is 5.32 Å². The molecule has 0 aliphatic rings. The van der Waals surface area contributed by atoms with Crippen molar-refractivity contribution in [2.45, 2.75) is 70.2 Å². The van der Waals surface area contributed by atoms with Crippen molar-refractivity contribution >= 4 is 10.8 Å². The molecule has 0 aliphatic heterocycles. The van der Waals surface area contributed by atoms with Crippen molar-refractivity contribution in [3.63, 3.8) is 0 Å².